The molecule has 3 heteroatoms. The van der Waals surface area contributed by atoms with Crippen LogP contribution in [0.5, 0.6) is 0 Å². The Bertz CT molecular complexity index is 404. The SMILES string of the molecule is CCC(c1ccccc1)N1C[C@@H](C)[C@H](C(=O)O)C1. The molecular weight excluding hydrogens is 226 g/mol. The number of benzene rings is 1. The molecule has 1 aliphatic rings. The summed E-state index contributed by atoms with van der Waals surface area (Å²) in [6.07, 6.45) is 1.02. The molecule has 1 heterocycles. The van der Waals surface area contributed by atoms with Crippen LogP contribution in [-0.4, -0.2) is 29.1 Å². The van der Waals surface area contributed by atoms with Gasteiger partial charge in [0, 0.05) is 19.1 Å². The van der Waals surface area contributed by atoms with E-state index in [4.69, 9.17) is 0 Å². The fraction of sp³-hybridized carbons (Fsp3) is 0.533. The molecule has 2 rings (SSSR count). The number of hydrogen-bond acceptors (Lipinski definition) is 2. The van der Waals surface area contributed by atoms with Crippen molar-refractivity contribution in [2.24, 2.45) is 11.8 Å². The van der Waals surface area contributed by atoms with Crippen LogP contribution < -0.4 is 0 Å². The summed E-state index contributed by atoms with van der Waals surface area (Å²) in [7, 11) is 0. The highest BCUT2D eigenvalue weighted by molar-refractivity contribution is 5.71. The molecule has 0 spiro atoms. The smallest absolute Gasteiger partial charge is 0.308 e. The molecular formula is C15H21NO2. The van der Waals surface area contributed by atoms with Gasteiger partial charge in [-0.15, -0.1) is 0 Å². The molecule has 1 aromatic carbocycles. The van der Waals surface area contributed by atoms with E-state index in [0.29, 0.717) is 12.6 Å². The zero-order valence-electron chi connectivity index (χ0n) is 11.0. The number of nitrogens with zero attached hydrogens (tertiary/aromatic N) is 1. The van der Waals surface area contributed by atoms with Gasteiger partial charge in [0.15, 0.2) is 0 Å². The molecule has 0 bridgehead atoms. The molecule has 1 aromatic rings. The van der Waals surface area contributed by atoms with Crippen molar-refractivity contribution in [2.75, 3.05) is 13.1 Å². The second kappa shape index (κ2) is 5.53. The molecule has 1 fully saturated rings. The van der Waals surface area contributed by atoms with Crippen LogP contribution in [0.15, 0.2) is 30.3 Å². The van der Waals surface area contributed by atoms with E-state index in [1.165, 1.54) is 5.56 Å². The number of hydrogen-bond donors (Lipinski definition) is 1. The lowest BCUT2D eigenvalue weighted by molar-refractivity contribution is -0.142. The Morgan fingerprint density at radius 2 is 2.06 bits per heavy atom. The lowest BCUT2D eigenvalue weighted by atomic mass is 9.99. The Morgan fingerprint density at radius 1 is 1.39 bits per heavy atom. The van der Waals surface area contributed by atoms with Crippen LogP contribution in [0.4, 0.5) is 0 Å². The quantitative estimate of drug-likeness (QED) is 0.889. The molecule has 1 aliphatic heterocycles. The van der Waals surface area contributed by atoms with Crippen molar-refractivity contribution >= 4 is 5.97 Å². The predicted octanol–water partition coefficient (Wildman–Crippen LogP) is 2.79. The summed E-state index contributed by atoms with van der Waals surface area (Å²) in [5.41, 5.74) is 1.29. The zero-order chi connectivity index (χ0) is 13.1. The fourth-order valence-corrected chi connectivity index (χ4v) is 2.96. The van der Waals surface area contributed by atoms with Crippen LogP contribution in [0.25, 0.3) is 0 Å². The van der Waals surface area contributed by atoms with Crippen molar-refractivity contribution in [3.63, 3.8) is 0 Å². The molecule has 3 nitrogen and oxygen atoms in total. The first kappa shape index (κ1) is 13.1. The maximum atomic E-state index is 11.2. The highest BCUT2D eigenvalue weighted by Gasteiger charge is 2.37. The summed E-state index contributed by atoms with van der Waals surface area (Å²) in [4.78, 5) is 13.5. The van der Waals surface area contributed by atoms with Crippen molar-refractivity contribution in [1.29, 1.82) is 0 Å². The lowest BCUT2D eigenvalue weighted by Gasteiger charge is -2.27. The normalized spacial score (nSPS) is 26.1. The van der Waals surface area contributed by atoms with Crippen molar-refractivity contribution in [1.82, 2.24) is 4.90 Å². The van der Waals surface area contributed by atoms with Gasteiger partial charge in [0.25, 0.3) is 0 Å². The van der Waals surface area contributed by atoms with E-state index in [1.54, 1.807) is 0 Å². The van der Waals surface area contributed by atoms with E-state index in [9.17, 15) is 9.90 Å². The van der Waals surface area contributed by atoms with Gasteiger partial charge >= 0.3 is 5.97 Å². The second-order valence-corrected chi connectivity index (χ2v) is 5.21. The second-order valence-electron chi connectivity index (χ2n) is 5.21. The van der Waals surface area contributed by atoms with Crippen LogP contribution in [0, 0.1) is 11.8 Å². The number of carboxylic acids is 1. The Labute approximate surface area is 108 Å². The van der Waals surface area contributed by atoms with Gasteiger partial charge in [0.2, 0.25) is 0 Å². The van der Waals surface area contributed by atoms with Crippen LogP contribution in [0.1, 0.15) is 31.9 Å². The predicted molar refractivity (Wildman–Crippen MR) is 71.3 cm³/mol. The number of rotatable bonds is 4. The summed E-state index contributed by atoms with van der Waals surface area (Å²) in [5.74, 6) is -0.643. The minimum Gasteiger partial charge on any atom is -0.481 e. The van der Waals surface area contributed by atoms with E-state index >= 15 is 0 Å². The van der Waals surface area contributed by atoms with Crippen LogP contribution in [-0.2, 0) is 4.79 Å². The molecule has 98 valence electrons. The van der Waals surface area contributed by atoms with Crippen LogP contribution >= 0.6 is 0 Å². The molecule has 0 aliphatic carbocycles. The maximum Gasteiger partial charge on any atom is 0.308 e. The van der Waals surface area contributed by atoms with Crippen LogP contribution in [0.2, 0.25) is 0 Å². The highest BCUT2D eigenvalue weighted by atomic mass is 16.4. The average Bonchev–Trinajstić information content (AvgIpc) is 2.74. The van der Waals surface area contributed by atoms with E-state index in [0.717, 1.165) is 13.0 Å². The van der Waals surface area contributed by atoms with E-state index in [2.05, 4.69) is 24.0 Å². The van der Waals surface area contributed by atoms with E-state index in [1.807, 2.05) is 25.1 Å². The van der Waals surface area contributed by atoms with Crippen molar-refractivity contribution in [2.45, 2.75) is 26.3 Å². The zero-order valence-corrected chi connectivity index (χ0v) is 11.0. The minimum absolute atomic E-state index is 0.220. The van der Waals surface area contributed by atoms with Crippen molar-refractivity contribution < 1.29 is 9.90 Å². The molecule has 0 aromatic heterocycles. The summed E-state index contributed by atoms with van der Waals surface area (Å²) < 4.78 is 0. The molecule has 18 heavy (non-hydrogen) atoms. The van der Waals surface area contributed by atoms with Gasteiger partial charge in [-0.1, -0.05) is 44.2 Å². The van der Waals surface area contributed by atoms with Gasteiger partial charge < -0.3 is 5.11 Å². The Kier molecular flexibility index (Phi) is 4.02. The standard InChI is InChI=1S/C15H21NO2/c1-3-14(12-7-5-4-6-8-12)16-9-11(2)13(10-16)15(17)18/h4-8,11,13-14H,3,9-10H2,1-2H3,(H,17,18)/t11-,13-,14?/m1/s1. The van der Waals surface area contributed by atoms with Gasteiger partial charge in [-0.25, -0.2) is 0 Å². The Balaban J connectivity index is 2.14. The largest absolute Gasteiger partial charge is 0.481 e. The minimum atomic E-state index is -0.659. The summed E-state index contributed by atoms with van der Waals surface area (Å²) >= 11 is 0. The topological polar surface area (TPSA) is 40.5 Å². The first-order chi connectivity index (χ1) is 8.63. The molecule has 0 saturated carbocycles. The third kappa shape index (κ3) is 2.56. The monoisotopic (exact) mass is 247 g/mol. The maximum absolute atomic E-state index is 11.2. The molecule has 0 amide bonds. The van der Waals surface area contributed by atoms with E-state index < -0.39 is 5.97 Å². The number of carbonyl (C=O) groups is 1. The van der Waals surface area contributed by atoms with E-state index in [-0.39, 0.29) is 11.8 Å². The number of likely N-dealkylation sites (tertiary alicyclic amines) is 1. The Hall–Kier alpha value is -1.35. The fourth-order valence-electron chi connectivity index (χ4n) is 2.96. The van der Waals surface area contributed by atoms with Gasteiger partial charge in [-0.3, -0.25) is 9.69 Å². The highest BCUT2D eigenvalue weighted by Crippen LogP contribution is 2.32. The summed E-state index contributed by atoms with van der Waals surface area (Å²) in [6.45, 7) is 5.75. The lowest BCUT2D eigenvalue weighted by Crippen LogP contribution is -2.27. The summed E-state index contributed by atoms with van der Waals surface area (Å²) in [5, 5.41) is 9.20. The molecule has 0 radical (unpaired) electrons. The van der Waals surface area contributed by atoms with Crippen molar-refractivity contribution in [3.8, 4) is 0 Å². The molecule has 3 atom stereocenters. The summed E-state index contributed by atoms with van der Waals surface area (Å²) in [6, 6.07) is 10.7. The first-order valence-electron chi connectivity index (χ1n) is 6.65. The van der Waals surface area contributed by atoms with Gasteiger partial charge in [0.05, 0.1) is 5.92 Å². The number of aliphatic carboxylic acids is 1. The van der Waals surface area contributed by atoms with Crippen molar-refractivity contribution in [3.05, 3.63) is 35.9 Å². The van der Waals surface area contributed by atoms with Crippen LogP contribution in [0.3, 0.4) is 0 Å². The molecule has 1 N–H and O–H groups in total. The first-order valence-corrected chi connectivity index (χ1v) is 6.65. The number of carboxylic acid groups (broad SMARTS) is 1. The Morgan fingerprint density at radius 3 is 2.56 bits per heavy atom. The average molecular weight is 247 g/mol. The molecule has 1 unspecified atom stereocenters. The third-order valence-corrected chi connectivity index (χ3v) is 3.97. The third-order valence-electron chi connectivity index (χ3n) is 3.97. The van der Waals surface area contributed by atoms with Gasteiger partial charge in [-0.05, 0) is 17.9 Å². The van der Waals surface area contributed by atoms with Gasteiger partial charge in [-0.2, -0.15) is 0 Å². The molecule has 1 saturated heterocycles. The van der Waals surface area contributed by atoms with Gasteiger partial charge in [0.1, 0.15) is 0 Å².